The lowest BCUT2D eigenvalue weighted by Crippen LogP contribution is -2.45. The number of benzene rings is 1. The highest BCUT2D eigenvalue weighted by atomic mass is 16.3. The molecule has 15 heavy (non-hydrogen) atoms. The minimum Gasteiger partial charge on any atom is -0.508 e. The third-order valence-corrected chi connectivity index (χ3v) is 3.09. The fraction of sp³-hybridized carbons (Fsp3) is 0.500. The Bertz CT molecular complexity index is 332. The molecule has 0 bridgehead atoms. The van der Waals surface area contributed by atoms with Crippen molar-refractivity contribution in [3.05, 3.63) is 29.8 Å². The summed E-state index contributed by atoms with van der Waals surface area (Å²) >= 11 is 0. The number of phenolic OH excluding ortho intramolecular Hbond substituents is 1. The number of phenols is 1. The van der Waals surface area contributed by atoms with Crippen molar-refractivity contribution in [2.24, 2.45) is 0 Å². The molecule has 0 amide bonds. The molecule has 1 aliphatic heterocycles. The first kappa shape index (κ1) is 10.5. The molecule has 0 saturated carbocycles. The van der Waals surface area contributed by atoms with Crippen LogP contribution in [0.15, 0.2) is 24.3 Å². The lowest BCUT2D eigenvalue weighted by Gasteiger charge is -2.27. The summed E-state index contributed by atoms with van der Waals surface area (Å²) in [5.74, 6) is 0.290. The molecule has 0 radical (unpaired) electrons. The van der Waals surface area contributed by atoms with Gasteiger partial charge in [-0.1, -0.05) is 12.1 Å². The molecule has 82 valence electrons. The van der Waals surface area contributed by atoms with Crippen LogP contribution in [0.1, 0.15) is 18.4 Å². The van der Waals surface area contributed by atoms with E-state index in [4.69, 9.17) is 0 Å². The van der Waals surface area contributed by atoms with E-state index in [0.717, 1.165) is 31.4 Å². The summed E-state index contributed by atoms with van der Waals surface area (Å²) in [6, 6.07) is 7.25. The van der Waals surface area contributed by atoms with Crippen LogP contribution in [-0.4, -0.2) is 28.9 Å². The number of nitrogens with one attached hydrogen (secondary N) is 1. The average molecular weight is 207 g/mol. The van der Waals surface area contributed by atoms with Gasteiger partial charge in [-0.3, -0.25) is 0 Å². The molecule has 1 saturated heterocycles. The van der Waals surface area contributed by atoms with Crippen molar-refractivity contribution in [1.82, 2.24) is 5.32 Å². The van der Waals surface area contributed by atoms with Crippen LogP contribution in [0, 0.1) is 0 Å². The molecule has 1 aliphatic rings. The minimum atomic E-state index is -0.173. The van der Waals surface area contributed by atoms with Crippen LogP contribution in [0.2, 0.25) is 0 Å². The molecule has 0 aliphatic carbocycles. The zero-order valence-corrected chi connectivity index (χ0v) is 8.74. The molecule has 1 fully saturated rings. The van der Waals surface area contributed by atoms with Gasteiger partial charge in [0.1, 0.15) is 5.75 Å². The van der Waals surface area contributed by atoms with Crippen LogP contribution in [0.4, 0.5) is 0 Å². The second-order valence-electron chi connectivity index (χ2n) is 4.32. The zero-order valence-electron chi connectivity index (χ0n) is 8.74. The van der Waals surface area contributed by atoms with Gasteiger partial charge in [-0.15, -0.1) is 0 Å². The van der Waals surface area contributed by atoms with E-state index in [9.17, 15) is 10.2 Å². The van der Waals surface area contributed by atoms with E-state index >= 15 is 0 Å². The van der Waals surface area contributed by atoms with Gasteiger partial charge in [0.25, 0.3) is 0 Å². The number of aromatic hydroxyl groups is 1. The highest BCUT2D eigenvalue weighted by molar-refractivity contribution is 5.28. The van der Waals surface area contributed by atoms with E-state index < -0.39 is 0 Å². The standard InChI is InChI=1S/C12H17NO2/c14-9-12(5-2-6-13-12)8-10-3-1-4-11(15)7-10/h1,3-4,7,13-15H,2,5-6,8-9H2. The third kappa shape index (κ3) is 2.30. The minimum absolute atomic E-state index is 0.155. The van der Waals surface area contributed by atoms with Gasteiger partial charge in [-0.05, 0) is 43.5 Å². The summed E-state index contributed by atoms with van der Waals surface area (Å²) in [6.07, 6.45) is 2.89. The molecule has 1 atom stereocenters. The smallest absolute Gasteiger partial charge is 0.115 e. The summed E-state index contributed by atoms with van der Waals surface area (Å²) < 4.78 is 0. The van der Waals surface area contributed by atoms with Crippen molar-refractivity contribution in [1.29, 1.82) is 0 Å². The zero-order chi connectivity index (χ0) is 10.7. The van der Waals surface area contributed by atoms with Crippen LogP contribution in [0.25, 0.3) is 0 Å². The summed E-state index contributed by atoms with van der Waals surface area (Å²) in [7, 11) is 0. The molecule has 1 aromatic carbocycles. The maximum absolute atomic E-state index is 9.42. The summed E-state index contributed by atoms with van der Waals surface area (Å²) in [6.45, 7) is 1.13. The van der Waals surface area contributed by atoms with E-state index in [0.29, 0.717) is 5.75 Å². The Kier molecular flexibility index (Phi) is 2.93. The Morgan fingerprint density at radius 1 is 1.40 bits per heavy atom. The first-order valence-electron chi connectivity index (χ1n) is 5.38. The summed E-state index contributed by atoms with van der Waals surface area (Å²) in [5.41, 5.74) is 0.895. The van der Waals surface area contributed by atoms with E-state index in [1.807, 2.05) is 12.1 Å². The van der Waals surface area contributed by atoms with Gasteiger partial charge in [0, 0.05) is 5.54 Å². The highest BCUT2D eigenvalue weighted by Crippen LogP contribution is 2.24. The topological polar surface area (TPSA) is 52.5 Å². The summed E-state index contributed by atoms with van der Waals surface area (Å²) in [5, 5.41) is 22.1. The van der Waals surface area contributed by atoms with E-state index in [1.54, 1.807) is 12.1 Å². The van der Waals surface area contributed by atoms with Gasteiger partial charge in [-0.2, -0.15) is 0 Å². The van der Waals surface area contributed by atoms with Crippen molar-refractivity contribution < 1.29 is 10.2 Å². The predicted octanol–water partition coefficient (Wildman–Crippen LogP) is 1.05. The van der Waals surface area contributed by atoms with Crippen LogP contribution >= 0.6 is 0 Å². The number of aliphatic hydroxyl groups is 1. The lowest BCUT2D eigenvalue weighted by atomic mass is 9.90. The Labute approximate surface area is 89.8 Å². The van der Waals surface area contributed by atoms with Crippen molar-refractivity contribution in [2.75, 3.05) is 13.2 Å². The molecule has 0 aromatic heterocycles. The van der Waals surface area contributed by atoms with Gasteiger partial charge >= 0.3 is 0 Å². The van der Waals surface area contributed by atoms with Crippen LogP contribution in [0.5, 0.6) is 5.75 Å². The molecule has 3 heteroatoms. The maximum Gasteiger partial charge on any atom is 0.115 e. The molecule has 2 rings (SSSR count). The Hall–Kier alpha value is -1.06. The molecule has 3 N–H and O–H groups in total. The Morgan fingerprint density at radius 2 is 2.27 bits per heavy atom. The van der Waals surface area contributed by atoms with Crippen molar-refractivity contribution >= 4 is 0 Å². The van der Waals surface area contributed by atoms with Crippen molar-refractivity contribution in [3.63, 3.8) is 0 Å². The third-order valence-electron chi connectivity index (χ3n) is 3.09. The molecule has 1 aromatic rings. The van der Waals surface area contributed by atoms with Crippen LogP contribution in [-0.2, 0) is 6.42 Å². The predicted molar refractivity (Wildman–Crippen MR) is 58.9 cm³/mol. The normalized spacial score (nSPS) is 25.7. The van der Waals surface area contributed by atoms with E-state index in [-0.39, 0.29) is 12.1 Å². The largest absolute Gasteiger partial charge is 0.508 e. The van der Waals surface area contributed by atoms with Crippen LogP contribution in [0.3, 0.4) is 0 Å². The number of hydrogen-bond acceptors (Lipinski definition) is 3. The average Bonchev–Trinajstić information content (AvgIpc) is 2.67. The summed E-state index contributed by atoms with van der Waals surface area (Å²) in [4.78, 5) is 0. The van der Waals surface area contributed by atoms with Crippen molar-refractivity contribution in [2.45, 2.75) is 24.8 Å². The molecule has 3 nitrogen and oxygen atoms in total. The van der Waals surface area contributed by atoms with E-state index in [1.165, 1.54) is 0 Å². The fourth-order valence-electron chi connectivity index (χ4n) is 2.27. The van der Waals surface area contributed by atoms with Gasteiger partial charge < -0.3 is 15.5 Å². The number of hydrogen-bond donors (Lipinski definition) is 3. The SMILES string of the molecule is OCC1(Cc2cccc(O)c2)CCCN1. The van der Waals surface area contributed by atoms with Gasteiger partial charge in [-0.25, -0.2) is 0 Å². The fourth-order valence-corrected chi connectivity index (χ4v) is 2.27. The van der Waals surface area contributed by atoms with E-state index in [2.05, 4.69) is 5.32 Å². The van der Waals surface area contributed by atoms with Crippen molar-refractivity contribution in [3.8, 4) is 5.75 Å². The Morgan fingerprint density at radius 3 is 2.87 bits per heavy atom. The maximum atomic E-state index is 9.42. The molecule has 0 spiro atoms. The van der Waals surface area contributed by atoms with Gasteiger partial charge in [0.05, 0.1) is 6.61 Å². The van der Waals surface area contributed by atoms with Gasteiger partial charge in [0.2, 0.25) is 0 Å². The lowest BCUT2D eigenvalue weighted by molar-refractivity contribution is 0.177. The first-order valence-corrected chi connectivity index (χ1v) is 5.38. The Balaban J connectivity index is 2.12. The molecule has 1 heterocycles. The molecular weight excluding hydrogens is 190 g/mol. The number of aliphatic hydroxyl groups excluding tert-OH is 1. The van der Waals surface area contributed by atoms with Crippen LogP contribution < -0.4 is 5.32 Å². The van der Waals surface area contributed by atoms with Gasteiger partial charge in [0.15, 0.2) is 0 Å². The first-order chi connectivity index (χ1) is 7.24. The monoisotopic (exact) mass is 207 g/mol. The molecular formula is C12H17NO2. The number of rotatable bonds is 3. The quantitative estimate of drug-likeness (QED) is 0.694. The second kappa shape index (κ2) is 4.21. The molecule has 1 unspecified atom stereocenters. The second-order valence-corrected chi connectivity index (χ2v) is 4.32. The highest BCUT2D eigenvalue weighted by Gasteiger charge is 2.32.